The highest BCUT2D eigenvalue weighted by molar-refractivity contribution is 8.27. The Labute approximate surface area is 201 Å². The molecule has 1 N–H and O–H groups in total. The molecule has 33 heavy (non-hydrogen) atoms. The lowest BCUT2D eigenvalue weighted by atomic mass is 10.1. The Morgan fingerprint density at radius 3 is 2.61 bits per heavy atom. The summed E-state index contributed by atoms with van der Waals surface area (Å²) in [7, 11) is 0. The Bertz CT molecular complexity index is 1400. The molecule has 166 valence electrons. The van der Waals surface area contributed by atoms with Crippen LogP contribution in [0.15, 0.2) is 64.2 Å². The minimum absolute atomic E-state index is 0.0575. The van der Waals surface area contributed by atoms with Gasteiger partial charge in [-0.05, 0) is 48.5 Å². The topological polar surface area (TPSA) is 73.8 Å². The summed E-state index contributed by atoms with van der Waals surface area (Å²) in [5, 5.41) is 17.7. The largest absolute Gasteiger partial charge is 0.340 e. The van der Waals surface area contributed by atoms with Crippen molar-refractivity contribution in [2.75, 3.05) is 0 Å². The molecule has 2 aliphatic heterocycles. The Hall–Kier alpha value is -3.16. The molecule has 6 nitrogen and oxygen atoms in total. The first-order valence-electron chi connectivity index (χ1n) is 10.7. The van der Waals surface area contributed by atoms with Crippen LogP contribution < -0.4 is 0 Å². The Balaban J connectivity index is 1.60. The number of rotatable bonds is 4. The van der Waals surface area contributed by atoms with Crippen molar-refractivity contribution in [2.24, 2.45) is 16.0 Å². The van der Waals surface area contributed by atoms with Crippen molar-refractivity contribution in [3.63, 3.8) is 0 Å². The molecule has 1 aromatic heterocycles. The van der Waals surface area contributed by atoms with E-state index in [2.05, 4.69) is 20.7 Å². The molecule has 8 heteroatoms. The molecule has 0 fully saturated rings. The van der Waals surface area contributed by atoms with Crippen LogP contribution in [0.1, 0.15) is 30.7 Å². The van der Waals surface area contributed by atoms with Gasteiger partial charge in [0.05, 0.1) is 5.57 Å². The van der Waals surface area contributed by atoms with E-state index in [1.807, 2.05) is 63.2 Å². The highest BCUT2D eigenvalue weighted by atomic mass is 35.5. The minimum atomic E-state index is -0.409. The summed E-state index contributed by atoms with van der Waals surface area (Å²) < 4.78 is 2.22. The molecule has 2 aliphatic rings. The van der Waals surface area contributed by atoms with Gasteiger partial charge in [-0.3, -0.25) is 10.2 Å². The molecule has 0 radical (unpaired) electrons. The fourth-order valence-electron chi connectivity index (χ4n) is 4.00. The first-order valence-corrected chi connectivity index (χ1v) is 11.9. The number of amidine groups is 2. The maximum atomic E-state index is 12.9. The molecule has 0 spiro atoms. The first kappa shape index (κ1) is 21.7. The molecular formula is C25H22ClN5OS. The van der Waals surface area contributed by atoms with Gasteiger partial charge < -0.3 is 4.57 Å². The SMILES string of the molecule is Cc1c(/C=C2/C(=N)N3N=C(C(C)C)SC3=NC2=O)c2ccccc2n1Cc1ccc(Cl)cc1. The van der Waals surface area contributed by atoms with Gasteiger partial charge in [-0.1, -0.05) is 55.8 Å². The number of carbonyl (C=O) groups excluding carboxylic acids is 1. The van der Waals surface area contributed by atoms with Crippen LogP contribution in [0.3, 0.4) is 0 Å². The summed E-state index contributed by atoms with van der Waals surface area (Å²) in [5.74, 6) is -0.151. The second-order valence-electron chi connectivity index (χ2n) is 8.34. The van der Waals surface area contributed by atoms with E-state index in [1.54, 1.807) is 6.08 Å². The van der Waals surface area contributed by atoms with Gasteiger partial charge in [-0.2, -0.15) is 15.1 Å². The van der Waals surface area contributed by atoms with Gasteiger partial charge in [-0.15, -0.1) is 0 Å². The van der Waals surface area contributed by atoms with Crippen LogP contribution in [0.4, 0.5) is 0 Å². The number of thioether (sulfide) groups is 1. The molecule has 3 aromatic rings. The third-order valence-corrected chi connectivity index (χ3v) is 7.25. The quantitative estimate of drug-likeness (QED) is 0.475. The molecule has 0 atom stereocenters. The number of hydrogen-bond acceptors (Lipinski definition) is 4. The van der Waals surface area contributed by atoms with E-state index in [0.29, 0.717) is 16.7 Å². The Morgan fingerprint density at radius 2 is 1.88 bits per heavy atom. The molecular weight excluding hydrogens is 454 g/mol. The molecule has 0 aliphatic carbocycles. The van der Waals surface area contributed by atoms with E-state index in [0.717, 1.165) is 32.8 Å². The number of para-hydroxylation sites is 1. The van der Waals surface area contributed by atoms with Gasteiger partial charge in [0.25, 0.3) is 5.91 Å². The summed E-state index contributed by atoms with van der Waals surface area (Å²) in [4.78, 5) is 17.1. The number of nitrogens with one attached hydrogen (secondary N) is 1. The van der Waals surface area contributed by atoms with Crippen molar-refractivity contribution in [2.45, 2.75) is 27.3 Å². The third kappa shape index (κ3) is 3.81. The van der Waals surface area contributed by atoms with E-state index in [4.69, 9.17) is 17.0 Å². The van der Waals surface area contributed by atoms with Crippen LogP contribution in [0, 0.1) is 18.3 Å². The summed E-state index contributed by atoms with van der Waals surface area (Å²) >= 11 is 7.41. The van der Waals surface area contributed by atoms with Crippen molar-refractivity contribution in [3.05, 3.63) is 75.9 Å². The first-order chi connectivity index (χ1) is 15.8. The number of fused-ring (bicyclic) bond motifs is 2. The lowest BCUT2D eigenvalue weighted by Gasteiger charge is -2.20. The molecule has 3 heterocycles. The summed E-state index contributed by atoms with van der Waals surface area (Å²) in [6.07, 6.45) is 1.79. The monoisotopic (exact) mass is 475 g/mol. The number of nitrogens with zero attached hydrogens (tertiary/aromatic N) is 4. The zero-order chi connectivity index (χ0) is 23.3. The second kappa shape index (κ2) is 8.32. The Morgan fingerprint density at radius 1 is 1.15 bits per heavy atom. The average molecular weight is 476 g/mol. The molecule has 1 amide bonds. The van der Waals surface area contributed by atoms with Crippen LogP contribution in [-0.4, -0.2) is 31.5 Å². The third-order valence-electron chi connectivity index (χ3n) is 5.79. The molecule has 0 bridgehead atoms. The van der Waals surface area contributed by atoms with E-state index in [-0.39, 0.29) is 17.3 Å². The predicted octanol–water partition coefficient (Wildman–Crippen LogP) is 5.93. The van der Waals surface area contributed by atoms with E-state index < -0.39 is 5.91 Å². The van der Waals surface area contributed by atoms with Gasteiger partial charge in [0, 0.05) is 39.6 Å². The highest BCUT2D eigenvalue weighted by Crippen LogP contribution is 2.33. The summed E-state index contributed by atoms with van der Waals surface area (Å²) in [5.41, 5.74) is 4.35. The summed E-state index contributed by atoms with van der Waals surface area (Å²) in [6, 6.07) is 15.9. The fraction of sp³-hybridized carbons (Fsp3) is 0.200. The van der Waals surface area contributed by atoms with Gasteiger partial charge in [-0.25, -0.2) is 0 Å². The maximum absolute atomic E-state index is 12.9. The van der Waals surface area contributed by atoms with Gasteiger partial charge >= 0.3 is 0 Å². The number of halogens is 1. The highest BCUT2D eigenvalue weighted by Gasteiger charge is 2.36. The maximum Gasteiger partial charge on any atom is 0.283 e. The normalized spacial score (nSPS) is 17.2. The fourth-order valence-corrected chi connectivity index (χ4v) is 5.02. The van der Waals surface area contributed by atoms with Crippen molar-refractivity contribution >= 4 is 62.3 Å². The lowest BCUT2D eigenvalue weighted by molar-refractivity contribution is -0.114. The minimum Gasteiger partial charge on any atom is -0.340 e. The molecule has 0 saturated heterocycles. The van der Waals surface area contributed by atoms with Crippen molar-refractivity contribution < 1.29 is 4.79 Å². The zero-order valence-corrected chi connectivity index (χ0v) is 20.0. The van der Waals surface area contributed by atoms with Crippen LogP contribution in [-0.2, 0) is 11.3 Å². The van der Waals surface area contributed by atoms with E-state index >= 15 is 0 Å². The zero-order valence-electron chi connectivity index (χ0n) is 18.5. The molecule has 5 rings (SSSR count). The number of hydrogen-bond donors (Lipinski definition) is 1. The Kier molecular flexibility index (Phi) is 5.46. The van der Waals surface area contributed by atoms with Gasteiger partial charge in [0.15, 0.2) is 5.84 Å². The standard InChI is InChI=1S/C25H22ClN5OS/c1-14(2)24-29-31-22(27)20(23(32)28-25(31)33-24)12-19-15(3)30(21-7-5-4-6-18(19)21)13-16-8-10-17(26)11-9-16/h4-12,14,27H,13H2,1-3H3/b20-12-,27-22?. The molecule has 0 saturated carbocycles. The van der Waals surface area contributed by atoms with Crippen LogP contribution in [0.2, 0.25) is 5.02 Å². The lowest BCUT2D eigenvalue weighted by Crippen LogP contribution is -2.35. The summed E-state index contributed by atoms with van der Waals surface area (Å²) in [6.45, 7) is 6.78. The number of amides is 1. The van der Waals surface area contributed by atoms with E-state index in [9.17, 15) is 4.79 Å². The van der Waals surface area contributed by atoms with Gasteiger partial charge in [0.2, 0.25) is 5.17 Å². The van der Waals surface area contributed by atoms with Crippen molar-refractivity contribution in [3.8, 4) is 0 Å². The van der Waals surface area contributed by atoms with Crippen molar-refractivity contribution in [1.29, 1.82) is 5.41 Å². The van der Waals surface area contributed by atoms with Gasteiger partial charge in [0.1, 0.15) is 5.04 Å². The number of aliphatic imine (C=N–C) groups is 1. The molecule has 0 unspecified atom stereocenters. The van der Waals surface area contributed by atoms with Crippen LogP contribution in [0.5, 0.6) is 0 Å². The van der Waals surface area contributed by atoms with E-state index in [1.165, 1.54) is 16.8 Å². The van der Waals surface area contributed by atoms with Crippen LogP contribution in [0.25, 0.3) is 17.0 Å². The average Bonchev–Trinajstić information content (AvgIpc) is 3.33. The number of benzene rings is 2. The smallest absolute Gasteiger partial charge is 0.283 e. The number of carbonyl (C=O) groups is 1. The second-order valence-corrected chi connectivity index (χ2v) is 9.77. The number of aromatic nitrogens is 1. The number of hydrazone groups is 1. The van der Waals surface area contributed by atoms with Crippen LogP contribution >= 0.6 is 23.4 Å². The molecule has 2 aromatic carbocycles. The van der Waals surface area contributed by atoms with Crippen molar-refractivity contribution in [1.82, 2.24) is 9.58 Å². The predicted molar refractivity (Wildman–Crippen MR) is 137 cm³/mol.